The smallest absolute Gasteiger partial charge is 0.0720 e. The van der Waals surface area contributed by atoms with Crippen molar-refractivity contribution in [2.24, 2.45) is 0 Å². The Morgan fingerprint density at radius 2 is 1.87 bits per heavy atom. The standard InChI is InChI=1S/C13H14ClN/c1-3-9-11(4-2)15-12-8-6-5-7-10(12)13(9)14/h5-8H,3-4H2,1-2H3. The first kappa shape index (κ1) is 10.4. The Morgan fingerprint density at radius 3 is 2.53 bits per heavy atom. The van der Waals surface area contributed by atoms with Gasteiger partial charge in [0.15, 0.2) is 0 Å². The van der Waals surface area contributed by atoms with Crippen LogP contribution in [0.15, 0.2) is 24.3 Å². The van der Waals surface area contributed by atoms with E-state index in [0.717, 1.165) is 34.5 Å². The fourth-order valence-corrected chi connectivity index (χ4v) is 2.31. The Kier molecular flexibility index (Phi) is 2.92. The first-order valence-corrected chi connectivity index (χ1v) is 5.71. The molecule has 0 bridgehead atoms. The summed E-state index contributed by atoms with van der Waals surface area (Å²) in [5, 5.41) is 1.94. The molecule has 1 nitrogen and oxygen atoms in total. The molecule has 2 aromatic rings. The molecule has 2 heteroatoms. The van der Waals surface area contributed by atoms with E-state index in [0.29, 0.717) is 0 Å². The molecular formula is C13H14ClN. The lowest BCUT2D eigenvalue weighted by atomic mass is 10.1. The molecule has 0 atom stereocenters. The van der Waals surface area contributed by atoms with Crippen LogP contribution in [-0.4, -0.2) is 4.98 Å². The topological polar surface area (TPSA) is 12.9 Å². The van der Waals surface area contributed by atoms with E-state index in [1.807, 2.05) is 24.3 Å². The zero-order valence-electron chi connectivity index (χ0n) is 9.05. The first-order valence-electron chi connectivity index (χ1n) is 5.33. The lowest BCUT2D eigenvalue weighted by Gasteiger charge is -2.10. The van der Waals surface area contributed by atoms with Crippen molar-refractivity contribution in [3.05, 3.63) is 40.5 Å². The normalized spacial score (nSPS) is 10.9. The molecular weight excluding hydrogens is 206 g/mol. The third kappa shape index (κ3) is 1.72. The van der Waals surface area contributed by atoms with E-state index in [1.54, 1.807) is 0 Å². The van der Waals surface area contributed by atoms with Crippen LogP contribution in [0.25, 0.3) is 10.9 Å². The van der Waals surface area contributed by atoms with Gasteiger partial charge in [-0.05, 0) is 24.5 Å². The van der Waals surface area contributed by atoms with Crippen molar-refractivity contribution in [2.75, 3.05) is 0 Å². The van der Waals surface area contributed by atoms with Crippen molar-refractivity contribution in [3.8, 4) is 0 Å². The summed E-state index contributed by atoms with van der Waals surface area (Å²) in [4.78, 5) is 4.64. The Bertz CT molecular complexity index is 491. The van der Waals surface area contributed by atoms with Crippen molar-refractivity contribution in [1.29, 1.82) is 0 Å². The summed E-state index contributed by atoms with van der Waals surface area (Å²) < 4.78 is 0. The third-order valence-electron chi connectivity index (χ3n) is 2.70. The monoisotopic (exact) mass is 219 g/mol. The van der Waals surface area contributed by atoms with Crippen LogP contribution in [-0.2, 0) is 12.8 Å². The predicted octanol–water partition coefficient (Wildman–Crippen LogP) is 4.01. The van der Waals surface area contributed by atoms with Gasteiger partial charge in [0.1, 0.15) is 0 Å². The van der Waals surface area contributed by atoms with Crippen molar-refractivity contribution in [1.82, 2.24) is 4.98 Å². The van der Waals surface area contributed by atoms with Crippen LogP contribution in [0.4, 0.5) is 0 Å². The molecule has 0 N–H and O–H groups in total. The number of aryl methyl sites for hydroxylation is 1. The van der Waals surface area contributed by atoms with Crippen molar-refractivity contribution >= 4 is 22.5 Å². The molecule has 1 aromatic carbocycles. The zero-order valence-corrected chi connectivity index (χ0v) is 9.80. The maximum Gasteiger partial charge on any atom is 0.0720 e. The SMILES string of the molecule is CCc1nc2ccccc2c(Cl)c1CC. The molecule has 15 heavy (non-hydrogen) atoms. The van der Waals surface area contributed by atoms with E-state index in [4.69, 9.17) is 11.6 Å². The van der Waals surface area contributed by atoms with Crippen molar-refractivity contribution in [3.63, 3.8) is 0 Å². The zero-order chi connectivity index (χ0) is 10.8. The lowest BCUT2D eigenvalue weighted by Crippen LogP contribution is -1.97. The van der Waals surface area contributed by atoms with Gasteiger partial charge in [-0.3, -0.25) is 4.98 Å². The molecule has 0 fully saturated rings. The van der Waals surface area contributed by atoms with Crippen LogP contribution in [0.2, 0.25) is 5.02 Å². The number of hydrogen-bond acceptors (Lipinski definition) is 1. The van der Waals surface area contributed by atoms with Gasteiger partial charge in [0.2, 0.25) is 0 Å². The van der Waals surface area contributed by atoms with Crippen LogP contribution >= 0.6 is 11.6 Å². The number of hydrogen-bond donors (Lipinski definition) is 0. The molecule has 0 amide bonds. The fraction of sp³-hybridized carbons (Fsp3) is 0.308. The Hall–Kier alpha value is -1.08. The van der Waals surface area contributed by atoms with E-state index in [9.17, 15) is 0 Å². The highest BCUT2D eigenvalue weighted by atomic mass is 35.5. The van der Waals surface area contributed by atoms with Gasteiger partial charge in [0.25, 0.3) is 0 Å². The second-order valence-corrected chi connectivity index (χ2v) is 3.95. The van der Waals surface area contributed by atoms with Crippen molar-refractivity contribution < 1.29 is 0 Å². The van der Waals surface area contributed by atoms with Gasteiger partial charge in [0.05, 0.1) is 10.5 Å². The number of pyridine rings is 1. The average molecular weight is 220 g/mol. The second-order valence-electron chi connectivity index (χ2n) is 3.58. The van der Waals surface area contributed by atoms with Crippen LogP contribution in [0.1, 0.15) is 25.1 Å². The summed E-state index contributed by atoms with van der Waals surface area (Å²) in [6.07, 6.45) is 1.88. The minimum atomic E-state index is 0.875. The number of halogens is 1. The summed E-state index contributed by atoms with van der Waals surface area (Å²) in [6.45, 7) is 4.24. The number of para-hydroxylation sites is 1. The maximum absolute atomic E-state index is 6.39. The fourth-order valence-electron chi connectivity index (χ4n) is 1.91. The van der Waals surface area contributed by atoms with Gasteiger partial charge in [-0.25, -0.2) is 0 Å². The molecule has 0 spiro atoms. The minimum Gasteiger partial charge on any atom is -0.252 e. The van der Waals surface area contributed by atoms with Crippen molar-refractivity contribution in [2.45, 2.75) is 26.7 Å². The molecule has 0 aliphatic heterocycles. The predicted molar refractivity (Wildman–Crippen MR) is 65.5 cm³/mol. The molecule has 0 saturated carbocycles. The Morgan fingerprint density at radius 1 is 1.13 bits per heavy atom. The summed E-state index contributed by atoms with van der Waals surface area (Å²) in [6, 6.07) is 8.04. The van der Waals surface area contributed by atoms with Crippen LogP contribution in [0.3, 0.4) is 0 Å². The summed E-state index contributed by atoms with van der Waals surface area (Å²) in [7, 11) is 0. The molecule has 0 aliphatic rings. The van der Waals surface area contributed by atoms with Gasteiger partial charge in [-0.1, -0.05) is 43.6 Å². The maximum atomic E-state index is 6.39. The van der Waals surface area contributed by atoms with Gasteiger partial charge >= 0.3 is 0 Å². The number of rotatable bonds is 2. The highest BCUT2D eigenvalue weighted by Crippen LogP contribution is 2.28. The lowest BCUT2D eigenvalue weighted by molar-refractivity contribution is 0.982. The van der Waals surface area contributed by atoms with E-state index in [2.05, 4.69) is 18.8 Å². The third-order valence-corrected chi connectivity index (χ3v) is 3.13. The number of benzene rings is 1. The van der Waals surface area contributed by atoms with Gasteiger partial charge in [-0.2, -0.15) is 0 Å². The minimum absolute atomic E-state index is 0.875. The molecule has 0 aliphatic carbocycles. The first-order chi connectivity index (χ1) is 7.27. The van der Waals surface area contributed by atoms with E-state index >= 15 is 0 Å². The largest absolute Gasteiger partial charge is 0.252 e. The van der Waals surface area contributed by atoms with Gasteiger partial charge < -0.3 is 0 Å². The summed E-state index contributed by atoms with van der Waals surface area (Å²) in [5.41, 5.74) is 3.32. The molecule has 1 aromatic heterocycles. The quantitative estimate of drug-likeness (QED) is 0.744. The van der Waals surface area contributed by atoms with Crippen LogP contribution in [0, 0.1) is 0 Å². The average Bonchev–Trinajstić information content (AvgIpc) is 2.29. The van der Waals surface area contributed by atoms with Crippen LogP contribution < -0.4 is 0 Å². The van der Waals surface area contributed by atoms with E-state index in [1.165, 1.54) is 5.56 Å². The van der Waals surface area contributed by atoms with Gasteiger partial charge in [0, 0.05) is 11.1 Å². The van der Waals surface area contributed by atoms with Gasteiger partial charge in [-0.15, -0.1) is 0 Å². The van der Waals surface area contributed by atoms with E-state index in [-0.39, 0.29) is 0 Å². The molecule has 1 heterocycles. The molecule has 0 saturated heterocycles. The van der Waals surface area contributed by atoms with E-state index < -0.39 is 0 Å². The second kappa shape index (κ2) is 4.19. The summed E-state index contributed by atoms with van der Waals surface area (Å²) >= 11 is 6.39. The van der Waals surface area contributed by atoms with Crippen LogP contribution in [0.5, 0.6) is 0 Å². The highest BCUT2D eigenvalue weighted by Gasteiger charge is 2.09. The number of nitrogens with zero attached hydrogens (tertiary/aromatic N) is 1. The summed E-state index contributed by atoms with van der Waals surface area (Å²) in [5.74, 6) is 0. The molecule has 2 rings (SSSR count). The Balaban J connectivity index is 2.81. The molecule has 0 unspecified atom stereocenters. The number of fused-ring (bicyclic) bond motifs is 1. The Labute approximate surface area is 95.1 Å². The highest BCUT2D eigenvalue weighted by molar-refractivity contribution is 6.36. The number of aromatic nitrogens is 1. The molecule has 0 radical (unpaired) electrons. The molecule has 78 valence electrons.